The van der Waals surface area contributed by atoms with E-state index in [1.165, 1.54) is 6.33 Å². The van der Waals surface area contributed by atoms with Crippen LogP contribution in [-0.2, 0) is 6.42 Å². The fourth-order valence-corrected chi connectivity index (χ4v) is 2.84. The first-order valence-electron chi connectivity index (χ1n) is 9.48. The third-order valence-corrected chi connectivity index (χ3v) is 4.27. The molecule has 7 heteroatoms. The average Bonchev–Trinajstić information content (AvgIpc) is 2.75. The Labute approximate surface area is 171 Å². The number of aromatic nitrogens is 2. The summed E-state index contributed by atoms with van der Waals surface area (Å²) in [6.45, 7) is 3.35. The Morgan fingerprint density at radius 2 is 1.62 bits per heavy atom. The SMILES string of the molecule is CCOc1ccc(Nc2cc(NCCc3ccc(OC)c(OC)c3)ncn2)cc1. The van der Waals surface area contributed by atoms with Crippen LogP contribution in [0.15, 0.2) is 54.9 Å². The smallest absolute Gasteiger partial charge is 0.160 e. The van der Waals surface area contributed by atoms with Crippen LogP contribution in [0.25, 0.3) is 0 Å². The van der Waals surface area contributed by atoms with Gasteiger partial charge in [0.2, 0.25) is 0 Å². The van der Waals surface area contributed by atoms with Crippen molar-refractivity contribution in [3.8, 4) is 17.2 Å². The van der Waals surface area contributed by atoms with Gasteiger partial charge in [-0.1, -0.05) is 6.07 Å². The van der Waals surface area contributed by atoms with Gasteiger partial charge in [0.15, 0.2) is 11.5 Å². The Morgan fingerprint density at radius 1 is 0.862 bits per heavy atom. The second-order valence-corrected chi connectivity index (χ2v) is 6.24. The number of nitrogens with one attached hydrogen (secondary N) is 2. The highest BCUT2D eigenvalue weighted by Crippen LogP contribution is 2.27. The summed E-state index contributed by atoms with van der Waals surface area (Å²) in [5.41, 5.74) is 2.08. The van der Waals surface area contributed by atoms with Crippen molar-refractivity contribution in [3.63, 3.8) is 0 Å². The lowest BCUT2D eigenvalue weighted by atomic mass is 10.1. The minimum atomic E-state index is 0.650. The maximum absolute atomic E-state index is 5.46. The van der Waals surface area contributed by atoms with Gasteiger partial charge in [0.05, 0.1) is 20.8 Å². The predicted molar refractivity (Wildman–Crippen MR) is 115 cm³/mol. The van der Waals surface area contributed by atoms with Gasteiger partial charge in [-0.2, -0.15) is 0 Å². The molecule has 0 aliphatic rings. The van der Waals surface area contributed by atoms with E-state index in [4.69, 9.17) is 14.2 Å². The summed E-state index contributed by atoms with van der Waals surface area (Å²) in [6.07, 6.45) is 2.36. The molecule has 7 nitrogen and oxygen atoms in total. The molecule has 0 radical (unpaired) electrons. The van der Waals surface area contributed by atoms with Crippen LogP contribution in [0.2, 0.25) is 0 Å². The zero-order valence-corrected chi connectivity index (χ0v) is 16.9. The van der Waals surface area contributed by atoms with E-state index in [9.17, 15) is 0 Å². The zero-order valence-electron chi connectivity index (χ0n) is 16.9. The van der Waals surface area contributed by atoms with Gasteiger partial charge in [-0.25, -0.2) is 9.97 Å². The molecule has 0 saturated heterocycles. The molecule has 1 heterocycles. The molecule has 0 spiro atoms. The zero-order chi connectivity index (χ0) is 20.5. The normalized spacial score (nSPS) is 10.3. The quantitative estimate of drug-likeness (QED) is 0.531. The van der Waals surface area contributed by atoms with E-state index in [1.54, 1.807) is 14.2 Å². The highest BCUT2D eigenvalue weighted by atomic mass is 16.5. The van der Waals surface area contributed by atoms with E-state index in [0.717, 1.165) is 53.1 Å². The van der Waals surface area contributed by atoms with E-state index in [-0.39, 0.29) is 0 Å². The van der Waals surface area contributed by atoms with Crippen molar-refractivity contribution in [2.75, 3.05) is 38.0 Å². The van der Waals surface area contributed by atoms with Gasteiger partial charge in [0.1, 0.15) is 23.7 Å². The summed E-state index contributed by atoms with van der Waals surface area (Å²) in [4.78, 5) is 8.56. The molecule has 0 unspecified atom stereocenters. The van der Waals surface area contributed by atoms with Gasteiger partial charge in [0, 0.05) is 18.3 Å². The fourth-order valence-electron chi connectivity index (χ4n) is 2.84. The van der Waals surface area contributed by atoms with Gasteiger partial charge in [0.25, 0.3) is 0 Å². The highest BCUT2D eigenvalue weighted by Gasteiger charge is 2.05. The van der Waals surface area contributed by atoms with Crippen LogP contribution in [-0.4, -0.2) is 37.3 Å². The van der Waals surface area contributed by atoms with E-state index in [2.05, 4.69) is 20.6 Å². The Morgan fingerprint density at radius 3 is 2.34 bits per heavy atom. The molecule has 3 aromatic rings. The number of hydrogen-bond acceptors (Lipinski definition) is 7. The number of benzene rings is 2. The van der Waals surface area contributed by atoms with Crippen molar-refractivity contribution in [2.45, 2.75) is 13.3 Å². The molecule has 152 valence electrons. The summed E-state index contributed by atoms with van der Waals surface area (Å²) in [5.74, 6) is 3.78. The second kappa shape index (κ2) is 10.2. The molecule has 0 saturated carbocycles. The van der Waals surface area contributed by atoms with Gasteiger partial charge >= 0.3 is 0 Å². The lowest BCUT2D eigenvalue weighted by Crippen LogP contribution is -2.07. The molecule has 0 amide bonds. The molecule has 0 bridgehead atoms. The number of methoxy groups -OCH3 is 2. The first kappa shape index (κ1) is 20.3. The minimum absolute atomic E-state index is 0.650. The van der Waals surface area contributed by atoms with Crippen LogP contribution in [0.1, 0.15) is 12.5 Å². The molecular weight excluding hydrogens is 368 g/mol. The van der Waals surface area contributed by atoms with E-state index in [0.29, 0.717) is 6.61 Å². The van der Waals surface area contributed by atoms with Crippen LogP contribution in [0.5, 0.6) is 17.2 Å². The summed E-state index contributed by atoms with van der Waals surface area (Å²) < 4.78 is 16.1. The maximum Gasteiger partial charge on any atom is 0.160 e. The molecular formula is C22H26N4O3. The summed E-state index contributed by atoms with van der Waals surface area (Å²) >= 11 is 0. The molecule has 2 aromatic carbocycles. The number of ether oxygens (including phenoxy) is 3. The van der Waals surface area contributed by atoms with Crippen LogP contribution in [0.3, 0.4) is 0 Å². The third-order valence-electron chi connectivity index (χ3n) is 4.27. The first-order chi connectivity index (χ1) is 14.2. The minimum Gasteiger partial charge on any atom is -0.494 e. The number of hydrogen-bond donors (Lipinski definition) is 2. The molecule has 29 heavy (non-hydrogen) atoms. The Kier molecular flexibility index (Phi) is 7.10. The van der Waals surface area contributed by atoms with E-state index >= 15 is 0 Å². The summed E-state index contributed by atoms with van der Waals surface area (Å²) in [7, 11) is 3.27. The third kappa shape index (κ3) is 5.75. The Hall–Kier alpha value is -3.48. The average molecular weight is 394 g/mol. The van der Waals surface area contributed by atoms with Crippen LogP contribution >= 0.6 is 0 Å². The van der Waals surface area contributed by atoms with Gasteiger partial charge in [-0.15, -0.1) is 0 Å². The second-order valence-electron chi connectivity index (χ2n) is 6.24. The predicted octanol–water partition coefficient (Wildman–Crippen LogP) is 4.29. The number of anilines is 3. The van der Waals surface area contributed by atoms with Crippen molar-refractivity contribution in [2.24, 2.45) is 0 Å². The van der Waals surface area contributed by atoms with Crippen LogP contribution < -0.4 is 24.8 Å². The monoisotopic (exact) mass is 394 g/mol. The highest BCUT2D eigenvalue weighted by molar-refractivity contribution is 5.59. The number of nitrogens with zero attached hydrogens (tertiary/aromatic N) is 2. The standard InChI is InChI=1S/C22H26N4O3/c1-4-29-18-8-6-17(7-9-18)26-22-14-21(24-15-25-22)23-12-11-16-5-10-19(27-2)20(13-16)28-3/h5-10,13-15H,4,11-12H2,1-3H3,(H2,23,24,25,26). The molecule has 0 aliphatic carbocycles. The molecule has 1 aromatic heterocycles. The van der Waals surface area contributed by atoms with Crippen LogP contribution in [0, 0.1) is 0 Å². The summed E-state index contributed by atoms with van der Waals surface area (Å²) in [5, 5.41) is 6.60. The molecule has 0 aliphatic heterocycles. The van der Waals surface area contributed by atoms with Crippen LogP contribution in [0.4, 0.5) is 17.3 Å². The number of rotatable bonds is 10. The van der Waals surface area contributed by atoms with Crippen molar-refractivity contribution in [3.05, 3.63) is 60.4 Å². The lowest BCUT2D eigenvalue weighted by molar-refractivity contribution is 0.340. The van der Waals surface area contributed by atoms with Crippen molar-refractivity contribution in [1.29, 1.82) is 0 Å². The largest absolute Gasteiger partial charge is 0.494 e. The molecule has 0 atom stereocenters. The van der Waals surface area contributed by atoms with Crippen molar-refractivity contribution in [1.82, 2.24) is 9.97 Å². The van der Waals surface area contributed by atoms with Gasteiger partial charge < -0.3 is 24.8 Å². The maximum atomic E-state index is 5.46. The lowest BCUT2D eigenvalue weighted by Gasteiger charge is -2.11. The van der Waals surface area contributed by atoms with Gasteiger partial charge in [-0.05, 0) is 55.3 Å². The topological polar surface area (TPSA) is 77.5 Å². The molecule has 3 rings (SSSR count). The van der Waals surface area contributed by atoms with Crippen molar-refractivity contribution < 1.29 is 14.2 Å². The fraction of sp³-hybridized carbons (Fsp3) is 0.273. The Balaban J connectivity index is 1.56. The molecule has 2 N–H and O–H groups in total. The molecule has 0 fully saturated rings. The van der Waals surface area contributed by atoms with Gasteiger partial charge in [-0.3, -0.25) is 0 Å². The van der Waals surface area contributed by atoms with E-state index < -0.39 is 0 Å². The first-order valence-corrected chi connectivity index (χ1v) is 9.48. The Bertz CT molecular complexity index is 916. The summed E-state index contributed by atoms with van der Waals surface area (Å²) in [6, 6.07) is 15.6. The van der Waals surface area contributed by atoms with E-state index in [1.807, 2.05) is 55.5 Å². The van der Waals surface area contributed by atoms with Crippen molar-refractivity contribution >= 4 is 17.3 Å².